The van der Waals surface area contributed by atoms with Gasteiger partial charge in [0.15, 0.2) is 9.84 Å². The Balaban J connectivity index is 2.22. The quantitative estimate of drug-likeness (QED) is 0.712. The van der Waals surface area contributed by atoms with Crippen molar-refractivity contribution in [2.24, 2.45) is 0 Å². The van der Waals surface area contributed by atoms with E-state index in [4.69, 9.17) is 0 Å². The lowest BCUT2D eigenvalue weighted by Gasteiger charge is -2.25. The molecule has 1 saturated carbocycles. The van der Waals surface area contributed by atoms with Crippen molar-refractivity contribution in [3.8, 4) is 0 Å². The van der Waals surface area contributed by atoms with Gasteiger partial charge in [0.05, 0.1) is 10.5 Å². The van der Waals surface area contributed by atoms with E-state index >= 15 is 0 Å². The molecule has 0 heterocycles. The van der Waals surface area contributed by atoms with Crippen molar-refractivity contribution in [2.45, 2.75) is 57.4 Å². The Morgan fingerprint density at radius 3 is 2.33 bits per heavy atom. The van der Waals surface area contributed by atoms with E-state index in [2.05, 4.69) is 24.2 Å². The number of likely N-dealkylation sites (N-methyl/N-ethyl adjacent to an activating group) is 1. The lowest BCUT2D eigenvalue weighted by molar-refractivity contribution is 0.242. The maximum absolute atomic E-state index is 11.9. The minimum atomic E-state index is -3.00. The molecular weight excluding hydrogens is 248 g/mol. The fraction of sp³-hybridized carbons (Fsp3) is 1.00. The molecule has 1 fully saturated rings. The minimum Gasteiger partial charge on any atom is -0.314 e. The maximum atomic E-state index is 11.9. The predicted molar refractivity (Wildman–Crippen MR) is 76.7 cm³/mol. The summed E-state index contributed by atoms with van der Waals surface area (Å²) in [5, 5.41) is 3.26. The average Bonchev–Trinajstić information content (AvgIpc) is 3.05. The molecule has 5 heteroatoms. The van der Waals surface area contributed by atoms with Gasteiger partial charge < -0.3 is 5.32 Å². The molecule has 0 radical (unpaired) electrons. The van der Waals surface area contributed by atoms with Crippen LogP contribution >= 0.6 is 0 Å². The third-order valence-electron chi connectivity index (χ3n) is 3.74. The molecule has 0 aliphatic heterocycles. The number of nitrogens with zero attached hydrogens (tertiary/aromatic N) is 1. The molecule has 108 valence electrons. The van der Waals surface area contributed by atoms with Gasteiger partial charge in [0.1, 0.15) is 0 Å². The summed E-state index contributed by atoms with van der Waals surface area (Å²) >= 11 is 0. The maximum Gasteiger partial charge on any atom is 0.156 e. The molecule has 4 nitrogen and oxygen atoms in total. The topological polar surface area (TPSA) is 49.4 Å². The van der Waals surface area contributed by atoms with Gasteiger partial charge in [-0.1, -0.05) is 0 Å². The molecule has 1 rings (SSSR count). The summed E-state index contributed by atoms with van der Waals surface area (Å²) in [7, 11) is -0.847. The van der Waals surface area contributed by atoms with Gasteiger partial charge in [-0.15, -0.1) is 0 Å². The van der Waals surface area contributed by atoms with Crippen molar-refractivity contribution in [1.82, 2.24) is 10.2 Å². The van der Waals surface area contributed by atoms with Crippen LogP contribution in [0.5, 0.6) is 0 Å². The first-order valence-electron chi connectivity index (χ1n) is 6.80. The van der Waals surface area contributed by atoms with Gasteiger partial charge >= 0.3 is 0 Å². The van der Waals surface area contributed by atoms with Gasteiger partial charge in [0, 0.05) is 25.2 Å². The third kappa shape index (κ3) is 4.52. The number of nitrogens with one attached hydrogen (secondary N) is 1. The van der Waals surface area contributed by atoms with Crippen molar-refractivity contribution >= 4 is 9.84 Å². The summed E-state index contributed by atoms with van der Waals surface area (Å²) in [5.74, 6) is 0.219. The molecule has 0 aromatic carbocycles. The molecule has 1 N–H and O–H groups in total. The third-order valence-corrected chi connectivity index (χ3v) is 6.35. The Hall–Kier alpha value is -0.130. The Kier molecular flexibility index (Phi) is 5.21. The number of sulfone groups is 1. The van der Waals surface area contributed by atoms with E-state index in [1.54, 1.807) is 20.8 Å². The Labute approximate surface area is 112 Å². The van der Waals surface area contributed by atoms with E-state index in [9.17, 15) is 8.42 Å². The van der Waals surface area contributed by atoms with Gasteiger partial charge in [-0.25, -0.2) is 8.42 Å². The predicted octanol–water partition coefficient (Wildman–Crippen LogP) is 1.27. The van der Waals surface area contributed by atoms with E-state index in [1.165, 1.54) is 12.8 Å². The molecule has 0 amide bonds. The first-order valence-corrected chi connectivity index (χ1v) is 8.45. The minimum absolute atomic E-state index is 0.219. The smallest absolute Gasteiger partial charge is 0.156 e. The molecule has 0 spiro atoms. The van der Waals surface area contributed by atoms with Crippen molar-refractivity contribution in [3.63, 3.8) is 0 Å². The first-order chi connectivity index (χ1) is 8.15. The lowest BCUT2D eigenvalue weighted by atomic mass is 10.3. The Morgan fingerprint density at radius 2 is 1.89 bits per heavy atom. The molecule has 0 bridgehead atoms. The average molecular weight is 276 g/mol. The van der Waals surface area contributed by atoms with Crippen molar-refractivity contribution in [1.29, 1.82) is 0 Å². The van der Waals surface area contributed by atoms with E-state index in [-0.39, 0.29) is 5.75 Å². The fourth-order valence-corrected chi connectivity index (χ4v) is 2.83. The number of hydrogen-bond donors (Lipinski definition) is 1. The standard InChI is InChI=1S/C13H28N2O2S/c1-11(15(5)12-6-7-12)10-14-8-9-18(16,17)13(2,3)4/h11-12,14H,6-10H2,1-5H3. The van der Waals surface area contributed by atoms with E-state index in [0.29, 0.717) is 12.6 Å². The van der Waals surface area contributed by atoms with Crippen molar-refractivity contribution in [2.75, 3.05) is 25.9 Å². The number of hydrogen-bond acceptors (Lipinski definition) is 4. The Morgan fingerprint density at radius 1 is 1.33 bits per heavy atom. The van der Waals surface area contributed by atoms with Crippen LogP contribution in [-0.2, 0) is 9.84 Å². The largest absolute Gasteiger partial charge is 0.314 e. The summed E-state index contributed by atoms with van der Waals surface area (Å²) in [6, 6.07) is 1.22. The second kappa shape index (κ2) is 5.88. The molecule has 0 saturated heterocycles. The van der Waals surface area contributed by atoms with E-state index < -0.39 is 14.6 Å². The van der Waals surface area contributed by atoms with Crippen LogP contribution < -0.4 is 5.32 Å². The summed E-state index contributed by atoms with van der Waals surface area (Å²) in [6.07, 6.45) is 2.61. The molecule has 1 unspecified atom stereocenters. The number of rotatable bonds is 7. The van der Waals surface area contributed by atoms with Crippen LogP contribution in [-0.4, -0.2) is 56.0 Å². The van der Waals surface area contributed by atoms with Crippen LogP contribution in [0.25, 0.3) is 0 Å². The monoisotopic (exact) mass is 276 g/mol. The first kappa shape index (κ1) is 15.9. The van der Waals surface area contributed by atoms with Gasteiger partial charge in [-0.05, 0) is 47.6 Å². The Bertz CT molecular complexity index is 356. The van der Waals surface area contributed by atoms with Gasteiger partial charge in [0.2, 0.25) is 0 Å². The van der Waals surface area contributed by atoms with Crippen LogP contribution in [0, 0.1) is 0 Å². The molecule has 1 aliphatic rings. The molecule has 18 heavy (non-hydrogen) atoms. The summed E-state index contributed by atoms with van der Waals surface area (Å²) in [5.41, 5.74) is 0. The molecule has 0 aromatic heterocycles. The highest BCUT2D eigenvalue weighted by Crippen LogP contribution is 2.26. The van der Waals surface area contributed by atoms with Crippen molar-refractivity contribution in [3.05, 3.63) is 0 Å². The lowest BCUT2D eigenvalue weighted by Crippen LogP contribution is -2.41. The van der Waals surface area contributed by atoms with E-state index in [0.717, 1.165) is 12.6 Å². The SMILES string of the molecule is CC(CNCCS(=O)(=O)C(C)(C)C)N(C)C1CC1. The van der Waals surface area contributed by atoms with Crippen molar-refractivity contribution < 1.29 is 8.42 Å². The fourth-order valence-electron chi connectivity index (χ4n) is 1.81. The van der Waals surface area contributed by atoms with Gasteiger partial charge in [0.25, 0.3) is 0 Å². The van der Waals surface area contributed by atoms with Crippen LogP contribution in [0.3, 0.4) is 0 Å². The zero-order valence-electron chi connectivity index (χ0n) is 12.4. The normalized spacial score (nSPS) is 19.2. The zero-order chi connectivity index (χ0) is 14.0. The summed E-state index contributed by atoms with van der Waals surface area (Å²) < 4.78 is 23.1. The highest BCUT2D eigenvalue weighted by molar-refractivity contribution is 7.92. The second-order valence-electron chi connectivity index (χ2n) is 6.38. The summed E-state index contributed by atoms with van der Waals surface area (Å²) in [4.78, 5) is 2.38. The van der Waals surface area contributed by atoms with Gasteiger partial charge in [-0.3, -0.25) is 4.90 Å². The van der Waals surface area contributed by atoms with Gasteiger partial charge in [-0.2, -0.15) is 0 Å². The second-order valence-corrected chi connectivity index (χ2v) is 9.24. The molecule has 1 aliphatic carbocycles. The highest BCUT2D eigenvalue weighted by Gasteiger charge is 2.30. The van der Waals surface area contributed by atoms with E-state index in [1.807, 2.05) is 0 Å². The van der Waals surface area contributed by atoms with Crippen LogP contribution in [0.1, 0.15) is 40.5 Å². The zero-order valence-corrected chi connectivity index (χ0v) is 13.2. The van der Waals surface area contributed by atoms with Crippen LogP contribution in [0.15, 0.2) is 0 Å². The molecular formula is C13H28N2O2S. The summed E-state index contributed by atoms with van der Waals surface area (Å²) in [6.45, 7) is 8.85. The highest BCUT2D eigenvalue weighted by atomic mass is 32.2. The molecule has 0 aromatic rings. The van der Waals surface area contributed by atoms with Crippen LogP contribution in [0.4, 0.5) is 0 Å². The van der Waals surface area contributed by atoms with Crippen LogP contribution in [0.2, 0.25) is 0 Å². The molecule has 1 atom stereocenters.